The number of benzene rings is 5. The normalized spacial score (nSPS) is 13.5. The van der Waals surface area contributed by atoms with Gasteiger partial charge in [0, 0.05) is 27.6 Å². The Kier molecular flexibility index (Phi) is 3.55. The van der Waals surface area contributed by atoms with Gasteiger partial charge in [0.1, 0.15) is 22.7 Å². The Balaban J connectivity index is 1.33. The molecule has 0 fully saturated rings. The lowest BCUT2D eigenvalue weighted by atomic mass is 9.88. The van der Waals surface area contributed by atoms with Gasteiger partial charge in [-0.3, -0.25) is 0 Å². The number of imidazole rings is 1. The summed E-state index contributed by atoms with van der Waals surface area (Å²) >= 11 is 0. The van der Waals surface area contributed by atoms with E-state index in [0.717, 1.165) is 72.6 Å². The SMILES string of the molecule is c1ccc2c(c1)OB1N2c2ccc(-c3cccc4c3oc3ccccc34)cc2-c2nc3ccccc3n21. The molecule has 0 N–H and O–H groups in total. The Morgan fingerprint density at radius 2 is 1.51 bits per heavy atom. The standard InChI is InChI=1S/C31H18BN3O2/c1-5-14-28-21(8-1)22-10-7-9-20(30(22)36-28)19-16-17-25-23(18-19)31-33-24-11-2-3-12-26(24)35(31)32-34(25)27-13-4-6-15-29(27)37-32/h1-18H. The highest BCUT2D eigenvalue weighted by Crippen LogP contribution is 2.50. The molecular formula is C31H18BN3O2. The molecular weight excluding hydrogens is 457 g/mol. The fraction of sp³-hybridized carbons (Fsp3) is 0. The topological polar surface area (TPSA) is 43.4 Å². The van der Waals surface area contributed by atoms with Gasteiger partial charge in [-0.05, 0) is 48.0 Å². The molecule has 2 aliphatic heterocycles. The van der Waals surface area contributed by atoms with Crippen molar-refractivity contribution >= 4 is 51.5 Å². The third kappa shape index (κ3) is 2.46. The maximum absolute atomic E-state index is 6.50. The van der Waals surface area contributed by atoms with Gasteiger partial charge in [0.15, 0.2) is 0 Å². The summed E-state index contributed by atoms with van der Waals surface area (Å²) < 4.78 is 15.1. The van der Waals surface area contributed by atoms with Gasteiger partial charge in [-0.25, -0.2) is 4.98 Å². The van der Waals surface area contributed by atoms with Crippen LogP contribution in [0.2, 0.25) is 0 Å². The molecule has 0 saturated heterocycles. The number of fused-ring (bicyclic) bond motifs is 13. The predicted octanol–water partition coefficient (Wildman–Crippen LogP) is 7.65. The summed E-state index contributed by atoms with van der Waals surface area (Å²) in [5.41, 5.74) is 9.18. The molecule has 0 atom stereocenters. The molecule has 5 nitrogen and oxygen atoms in total. The van der Waals surface area contributed by atoms with Gasteiger partial charge < -0.3 is 18.4 Å². The Labute approximate surface area is 212 Å². The predicted molar refractivity (Wildman–Crippen MR) is 148 cm³/mol. The van der Waals surface area contributed by atoms with Crippen LogP contribution in [0.3, 0.4) is 0 Å². The Morgan fingerprint density at radius 3 is 2.51 bits per heavy atom. The lowest BCUT2D eigenvalue weighted by Crippen LogP contribution is -2.46. The summed E-state index contributed by atoms with van der Waals surface area (Å²) in [7, 11) is -0.322. The average Bonchev–Trinajstić information content (AvgIpc) is 3.64. The van der Waals surface area contributed by atoms with E-state index in [-0.39, 0.29) is 7.19 Å². The van der Waals surface area contributed by atoms with Crippen LogP contribution in [0.25, 0.3) is 55.5 Å². The smallest absolute Gasteiger partial charge is 0.521 e. The lowest BCUT2D eigenvalue weighted by Gasteiger charge is -2.30. The van der Waals surface area contributed by atoms with E-state index in [0.29, 0.717) is 0 Å². The zero-order valence-corrected chi connectivity index (χ0v) is 19.6. The molecule has 0 unspecified atom stereocenters. The second kappa shape index (κ2) is 6.83. The fourth-order valence-electron chi connectivity index (χ4n) is 5.98. The van der Waals surface area contributed by atoms with E-state index in [1.54, 1.807) is 0 Å². The molecule has 9 rings (SSSR count). The average molecular weight is 475 g/mol. The molecule has 2 aromatic heterocycles. The van der Waals surface area contributed by atoms with Gasteiger partial charge >= 0.3 is 7.19 Å². The van der Waals surface area contributed by atoms with Gasteiger partial charge in [-0.15, -0.1) is 0 Å². The van der Waals surface area contributed by atoms with E-state index < -0.39 is 0 Å². The second-order valence-corrected chi connectivity index (χ2v) is 9.59. The first-order valence-corrected chi connectivity index (χ1v) is 12.4. The third-order valence-electron chi connectivity index (χ3n) is 7.61. The van der Waals surface area contributed by atoms with Crippen LogP contribution in [0.5, 0.6) is 5.75 Å². The first-order chi connectivity index (χ1) is 18.3. The van der Waals surface area contributed by atoms with Crippen molar-refractivity contribution in [3.63, 3.8) is 0 Å². The molecule has 0 saturated carbocycles. The Hall–Kier alpha value is -4.97. The minimum atomic E-state index is -0.322. The van der Waals surface area contributed by atoms with Crippen LogP contribution < -0.4 is 9.47 Å². The van der Waals surface area contributed by atoms with Crippen molar-refractivity contribution in [1.82, 2.24) is 9.46 Å². The van der Waals surface area contributed by atoms with Crippen molar-refractivity contribution in [3.8, 4) is 28.3 Å². The van der Waals surface area contributed by atoms with Crippen molar-refractivity contribution in [1.29, 1.82) is 0 Å². The monoisotopic (exact) mass is 475 g/mol. The molecule has 0 aliphatic carbocycles. The molecule has 4 heterocycles. The third-order valence-corrected chi connectivity index (χ3v) is 7.61. The van der Waals surface area contributed by atoms with E-state index in [1.807, 2.05) is 30.3 Å². The molecule has 6 heteroatoms. The Bertz CT molecular complexity index is 2060. The lowest BCUT2D eigenvalue weighted by molar-refractivity contribution is 0.578. The number of anilines is 2. The largest absolute Gasteiger partial charge is 0.629 e. The van der Waals surface area contributed by atoms with Crippen molar-refractivity contribution in [2.75, 3.05) is 4.81 Å². The highest BCUT2D eigenvalue weighted by Gasteiger charge is 2.47. The summed E-state index contributed by atoms with van der Waals surface area (Å²) in [6.45, 7) is 0. The molecule has 172 valence electrons. The molecule has 37 heavy (non-hydrogen) atoms. The van der Waals surface area contributed by atoms with E-state index in [4.69, 9.17) is 14.1 Å². The van der Waals surface area contributed by atoms with E-state index in [2.05, 4.69) is 88.2 Å². The molecule has 0 spiro atoms. The molecule has 7 aromatic rings. The van der Waals surface area contributed by atoms with Crippen LogP contribution >= 0.6 is 0 Å². The highest BCUT2D eigenvalue weighted by atomic mass is 16.5. The number of hydrogen-bond acceptors (Lipinski definition) is 4. The highest BCUT2D eigenvalue weighted by molar-refractivity contribution is 6.62. The molecule has 0 bridgehead atoms. The summed E-state index contributed by atoms with van der Waals surface area (Å²) in [5, 5.41) is 2.26. The van der Waals surface area contributed by atoms with E-state index >= 15 is 0 Å². The van der Waals surface area contributed by atoms with Crippen LogP contribution in [-0.2, 0) is 0 Å². The van der Waals surface area contributed by atoms with Crippen molar-refractivity contribution < 1.29 is 9.07 Å². The number of aromatic nitrogens is 2. The van der Waals surface area contributed by atoms with Gasteiger partial charge in [-0.1, -0.05) is 66.7 Å². The summed E-state index contributed by atoms with van der Waals surface area (Å²) in [5.74, 6) is 1.78. The molecule has 0 amide bonds. The van der Waals surface area contributed by atoms with Crippen molar-refractivity contribution in [2.24, 2.45) is 0 Å². The van der Waals surface area contributed by atoms with Gasteiger partial charge in [-0.2, -0.15) is 0 Å². The van der Waals surface area contributed by atoms with Crippen LogP contribution in [0.4, 0.5) is 11.4 Å². The quantitative estimate of drug-likeness (QED) is 0.229. The van der Waals surface area contributed by atoms with Crippen molar-refractivity contribution in [2.45, 2.75) is 0 Å². The molecule has 2 aliphatic rings. The minimum absolute atomic E-state index is 0.322. The van der Waals surface area contributed by atoms with Gasteiger partial charge in [0.25, 0.3) is 0 Å². The minimum Gasteiger partial charge on any atom is -0.521 e. The van der Waals surface area contributed by atoms with Crippen LogP contribution in [-0.4, -0.2) is 16.6 Å². The fourth-order valence-corrected chi connectivity index (χ4v) is 5.98. The number of nitrogens with zero attached hydrogens (tertiary/aromatic N) is 3. The Morgan fingerprint density at radius 1 is 0.676 bits per heavy atom. The maximum Gasteiger partial charge on any atom is 0.629 e. The molecule has 0 radical (unpaired) electrons. The van der Waals surface area contributed by atoms with Gasteiger partial charge in [0.05, 0.1) is 16.7 Å². The zero-order chi connectivity index (χ0) is 24.1. The van der Waals surface area contributed by atoms with Crippen molar-refractivity contribution in [3.05, 3.63) is 109 Å². The zero-order valence-electron chi connectivity index (χ0n) is 19.6. The summed E-state index contributed by atoms with van der Waals surface area (Å²) in [6.07, 6.45) is 0. The number of furan rings is 1. The van der Waals surface area contributed by atoms with Gasteiger partial charge in [0.2, 0.25) is 0 Å². The molecule has 5 aromatic carbocycles. The van der Waals surface area contributed by atoms with Crippen LogP contribution in [0.15, 0.2) is 114 Å². The summed E-state index contributed by atoms with van der Waals surface area (Å²) in [6, 6.07) is 37.7. The number of hydrogen-bond donors (Lipinski definition) is 0. The summed E-state index contributed by atoms with van der Waals surface area (Å²) in [4.78, 5) is 7.36. The maximum atomic E-state index is 6.50. The second-order valence-electron chi connectivity index (χ2n) is 9.59. The number of rotatable bonds is 1. The van der Waals surface area contributed by atoms with E-state index in [9.17, 15) is 0 Å². The van der Waals surface area contributed by atoms with E-state index in [1.165, 1.54) is 0 Å². The first kappa shape index (κ1) is 19.3. The van der Waals surface area contributed by atoms with Crippen LogP contribution in [0, 0.1) is 0 Å². The van der Waals surface area contributed by atoms with Crippen LogP contribution in [0.1, 0.15) is 0 Å². The first-order valence-electron chi connectivity index (χ1n) is 12.4. The number of para-hydroxylation sites is 6.